The maximum absolute atomic E-state index is 12.9. The molecule has 0 aliphatic carbocycles. The minimum atomic E-state index is -3.94. The van der Waals surface area contributed by atoms with Crippen LogP contribution in [0.5, 0.6) is 11.5 Å². The molecule has 10 nitrogen and oxygen atoms in total. The van der Waals surface area contributed by atoms with Crippen LogP contribution < -0.4 is 19.5 Å². The van der Waals surface area contributed by atoms with Crippen molar-refractivity contribution in [2.24, 2.45) is 5.92 Å². The molecule has 0 spiro atoms. The number of ether oxygens (including phenoxy) is 2. The second-order valence-corrected chi connectivity index (χ2v) is 13.8. The number of amides is 1. The predicted octanol–water partition coefficient (Wildman–Crippen LogP) is 4.45. The maximum atomic E-state index is 12.9. The van der Waals surface area contributed by atoms with E-state index in [0.717, 1.165) is 4.47 Å². The molecule has 0 atom stereocenters. The molecule has 1 aliphatic rings. The van der Waals surface area contributed by atoms with Crippen LogP contribution in [0, 0.1) is 5.92 Å². The summed E-state index contributed by atoms with van der Waals surface area (Å²) in [6.07, 6.45) is 0.786. The minimum Gasteiger partial charge on any atom is -0.497 e. The van der Waals surface area contributed by atoms with Crippen molar-refractivity contribution in [3.05, 3.63) is 76.8 Å². The highest BCUT2D eigenvalue weighted by Gasteiger charge is 2.31. The number of halogens is 1. The van der Waals surface area contributed by atoms with Crippen molar-refractivity contribution in [1.82, 2.24) is 4.31 Å². The van der Waals surface area contributed by atoms with Crippen LogP contribution in [0.2, 0.25) is 0 Å². The fourth-order valence-corrected chi connectivity index (χ4v) is 7.23. The van der Waals surface area contributed by atoms with Crippen LogP contribution in [-0.2, 0) is 30.6 Å². The Labute approximate surface area is 242 Å². The SMILES string of the molecule is COc1ccc(OC)c(NS(=O)(=O)c2ccc(NC(=O)C3CCN(S(=O)(=O)Cc4ccc(Br)cc4)CC3)cc2)c1. The van der Waals surface area contributed by atoms with Crippen molar-refractivity contribution in [2.75, 3.05) is 37.3 Å². The Hall–Kier alpha value is -3.13. The highest BCUT2D eigenvalue weighted by atomic mass is 79.9. The topological polar surface area (TPSA) is 131 Å². The van der Waals surface area contributed by atoms with Crippen molar-refractivity contribution < 1.29 is 31.1 Å². The number of anilines is 2. The number of methoxy groups -OCH3 is 2. The number of nitrogens with one attached hydrogen (secondary N) is 2. The van der Waals surface area contributed by atoms with Gasteiger partial charge in [-0.15, -0.1) is 0 Å². The predicted molar refractivity (Wildman–Crippen MR) is 156 cm³/mol. The molecule has 0 bridgehead atoms. The van der Waals surface area contributed by atoms with Crippen LogP contribution in [0.15, 0.2) is 76.1 Å². The number of hydrogen-bond donors (Lipinski definition) is 2. The molecule has 0 aromatic heterocycles. The van der Waals surface area contributed by atoms with Gasteiger partial charge in [0.25, 0.3) is 10.0 Å². The fourth-order valence-electron chi connectivity index (χ4n) is 4.34. The number of piperidine rings is 1. The van der Waals surface area contributed by atoms with E-state index < -0.39 is 20.0 Å². The lowest BCUT2D eigenvalue weighted by Crippen LogP contribution is -2.41. The van der Waals surface area contributed by atoms with E-state index in [1.54, 1.807) is 36.4 Å². The number of hydrogen-bond acceptors (Lipinski definition) is 7. The molecule has 2 N–H and O–H groups in total. The average Bonchev–Trinajstić information content (AvgIpc) is 2.94. The van der Waals surface area contributed by atoms with Gasteiger partial charge in [-0.3, -0.25) is 9.52 Å². The summed E-state index contributed by atoms with van der Waals surface area (Å²) in [6, 6.07) is 17.7. The van der Waals surface area contributed by atoms with Gasteiger partial charge >= 0.3 is 0 Å². The Kier molecular flexibility index (Phi) is 9.39. The molecule has 1 amide bonds. The summed E-state index contributed by atoms with van der Waals surface area (Å²) in [7, 11) is -4.53. The number of carbonyl (C=O) groups is 1. The molecule has 0 radical (unpaired) electrons. The van der Waals surface area contributed by atoms with Crippen molar-refractivity contribution >= 4 is 53.3 Å². The summed E-state index contributed by atoms with van der Waals surface area (Å²) in [4.78, 5) is 12.9. The van der Waals surface area contributed by atoms with E-state index in [9.17, 15) is 21.6 Å². The molecule has 13 heteroatoms. The molecular weight excluding hydrogens is 622 g/mol. The Morgan fingerprint density at radius 3 is 2.17 bits per heavy atom. The third-order valence-corrected chi connectivity index (χ3v) is 10.3. The normalized spacial score (nSPS) is 14.9. The molecule has 1 saturated heterocycles. The van der Waals surface area contributed by atoms with E-state index in [-0.39, 0.29) is 41.3 Å². The molecule has 1 fully saturated rings. The molecule has 0 unspecified atom stereocenters. The van der Waals surface area contributed by atoms with E-state index in [1.807, 2.05) is 0 Å². The van der Waals surface area contributed by atoms with Crippen LogP contribution in [-0.4, -0.2) is 54.4 Å². The van der Waals surface area contributed by atoms with E-state index in [1.165, 1.54) is 48.9 Å². The Bertz CT molecular complexity index is 1550. The van der Waals surface area contributed by atoms with Crippen molar-refractivity contribution in [1.29, 1.82) is 0 Å². The molecule has 0 saturated carbocycles. The van der Waals surface area contributed by atoms with Gasteiger partial charge in [0, 0.05) is 35.2 Å². The van der Waals surface area contributed by atoms with Crippen LogP contribution in [0.25, 0.3) is 0 Å². The zero-order valence-corrected chi connectivity index (χ0v) is 25.2. The van der Waals surface area contributed by atoms with Gasteiger partial charge in [0.15, 0.2) is 0 Å². The summed E-state index contributed by atoms with van der Waals surface area (Å²) in [6.45, 7) is 0.515. The molecule has 4 rings (SSSR count). The fraction of sp³-hybridized carbons (Fsp3) is 0.296. The zero-order chi connectivity index (χ0) is 28.9. The number of rotatable bonds is 10. The summed E-state index contributed by atoms with van der Waals surface area (Å²) < 4.78 is 66.8. The van der Waals surface area contributed by atoms with Gasteiger partial charge in [-0.2, -0.15) is 0 Å². The molecule has 3 aromatic rings. The van der Waals surface area contributed by atoms with Crippen molar-refractivity contribution in [3.8, 4) is 11.5 Å². The minimum absolute atomic E-state index is 0.000314. The van der Waals surface area contributed by atoms with Gasteiger partial charge in [0.1, 0.15) is 11.5 Å². The Balaban J connectivity index is 1.33. The van der Waals surface area contributed by atoms with Gasteiger partial charge in [-0.1, -0.05) is 28.1 Å². The number of sulfonamides is 2. The average molecular weight is 653 g/mol. The lowest BCUT2D eigenvalue weighted by atomic mass is 9.97. The summed E-state index contributed by atoms with van der Waals surface area (Å²) in [5, 5.41) is 2.81. The van der Waals surface area contributed by atoms with Crippen LogP contribution in [0.3, 0.4) is 0 Å². The van der Waals surface area contributed by atoms with Crippen LogP contribution in [0.4, 0.5) is 11.4 Å². The second-order valence-electron chi connectivity index (χ2n) is 9.24. The molecule has 40 heavy (non-hydrogen) atoms. The molecule has 1 aliphatic heterocycles. The standard InChI is InChI=1S/C27H30BrN3O7S2/c1-37-23-9-12-26(38-2)25(17-23)30-40(35,36)24-10-7-22(8-11-24)29-27(32)20-13-15-31(16-14-20)39(33,34)18-19-3-5-21(28)6-4-19/h3-12,17,20,30H,13-16,18H2,1-2H3,(H,29,32). The third-order valence-electron chi connectivity index (χ3n) is 6.56. The summed E-state index contributed by atoms with van der Waals surface area (Å²) in [5.41, 5.74) is 1.36. The van der Waals surface area contributed by atoms with Crippen LogP contribution in [0.1, 0.15) is 18.4 Å². The Morgan fingerprint density at radius 1 is 0.925 bits per heavy atom. The number of benzene rings is 3. The monoisotopic (exact) mass is 651 g/mol. The van der Waals surface area contributed by atoms with E-state index in [4.69, 9.17) is 9.47 Å². The van der Waals surface area contributed by atoms with Gasteiger partial charge in [-0.25, -0.2) is 21.1 Å². The van der Waals surface area contributed by atoms with E-state index >= 15 is 0 Å². The van der Waals surface area contributed by atoms with E-state index in [0.29, 0.717) is 35.6 Å². The van der Waals surface area contributed by atoms with Crippen molar-refractivity contribution in [3.63, 3.8) is 0 Å². The first-order chi connectivity index (χ1) is 19.0. The van der Waals surface area contributed by atoms with E-state index in [2.05, 4.69) is 26.0 Å². The van der Waals surface area contributed by atoms with Crippen LogP contribution >= 0.6 is 15.9 Å². The number of carbonyl (C=O) groups excluding carboxylic acids is 1. The summed E-state index contributed by atoms with van der Waals surface area (Å²) in [5.74, 6) is 0.112. The molecular formula is C27H30BrN3O7S2. The first-order valence-electron chi connectivity index (χ1n) is 12.4. The van der Waals surface area contributed by atoms with Gasteiger partial charge < -0.3 is 14.8 Å². The maximum Gasteiger partial charge on any atom is 0.262 e. The number of nitrogens with zero attached hydrogens (tertiary/aromatic N) is 1. The Morgan fingerprint density at radius 2 is 1.57 bits per heavy atom. The van der Waals surface area contributed by atoms with Gasteiger partial charge in [0.2, 0.25) is 15.9 Å². The first kappa shape index (κ1) is 29.8. The van der Waals surface area contributed by atoms with Crippen molar-refractivity contribution in [2.45, 2.75) is 23.5 Å². The molecule has 1 heterocycles. The third kappa shape index (κ3) is 7.33. The molecule has 3 aromatic carbocycles. The summed E-state index contributed by atoms with van der Waals surface area (Å²) >= 11 is 3.34. The lowest BCUT2D eigenvalue weighted by molar-refractivity contribution is -0.120. The highest BCUT2D eigenvalue weighted by molar-refractivity contribution is 9.10. The zero-order valence-electron chi connectivity index (χ0n) is 22.0. The second kappa shape index (κ2) is 12.6. The quantitative estimate of drug-likeness (QED) is 0.331. The van der Waals surface area contributed by atoms with Gasteiger partial charge in [0.05, 0.1) is 30.6 Å². The smallest absolute Gasteiger partial charge is 0.262 e. The first-order valence-corrected chi connectivity index (χ1v) is 16.3. The van der Waals surface area contributed by atoms with Gasteiger partial charge in [-0.05, 0) is 66.9 Å². The molecule has 214 valence electrons. The lowest BCUT2D eigenvalue weighted by Gasteiger charge is -2.30. The largest absolute Gasteiger partial charge is 0.497 e. The highest BCUT2D eigenvalue weighted by Crippen LogP contribution is 2.31.